The minimum absolute atomic E-state index is 0.731. The Hall–Kier alpha value is -1.70. The number of nitrogens with zero attached hydrogens (tertiary/aromatic N) is 1. The van der Waals surface area contributed by atoms with E-state index in [1.807, 2.05) is 0 Å². The van der Waals surface area contributed by atoms with Crippen molar-refractivity contribution in [3.8, 4) is 5.75 Å². The number of aromatic nitrogens is 1. The summed E-state index contributed by atoms with van der Waals surface area (Å²) < 4.78 is 8.19. The first-order valence-corrected chi connectivity index (χ1v) is 7.11. The molecule has 0 spiro atoms. The molecule has 0 aliphatic heterocycles. The molecular formula is C17H21NO. The van der Waals surface area contributed by atoms with Gasteiger partial charge in [0.05, 0.1) is 6.54 Å². The number of hydrogen-bond acceptors (Lipinski definition) is 1. The number of rotatable bonds is 4. The number of aryl methyl sites for hydroxylation is 4. The molecule has 1 heterocycles. The molecule has 0 radical (unpaired) electrons. The van der Waals surface area contributed by atoms with Crippen LogP contribution < -0.4 is 4.74 Å². The molecule has 0 N–H and O–H groups in total. The summed E-state index contributed by atoms with van der Waals surface area (Å²) in [4.78, 5) is 0. The number of hydrogen-bond donors (Lipinski definition) is 0. The molecule has 0 saturated heterocycles. The molecule has 3 rings (SSSR count). The summed E-state index contributed by atoms with van der Waals surface area (Å²) in [6.07, 6.45) is 3.74. The van der Waals surface area contributed by atoms with E-state index in [2.05, 4.69) is 48.7 Å². The van der Waals surface area contributed by atoms with Gasteiger partial charge in [-0.1, -0.05) is 6.07 Å². The predicted octanol–water partition coefficient (Wildman–Crippen LogP) is 3.67. The van der Waals surface area contributed by atoms with Crippen molar-refractivity contribution >= 4 is 0 Å². The van der Waals surface area contributed by atoms with E-state index in [0.717, 1.165) is 18.9 Å². The van der Waals surface area contributed by atoms with Crippen LogP contribution in [0.4, 0.5) is 0 Å². The molecule has 1 aromatic heterocycles. The Labute approximate surface area is 115 Å². The van der Waals surface area contributed by atoms with Crippen LogP contribution in [0.2, 0.25) is 0 Å². The van der Waals surface area contributed by atoms with Crippen molar-refractivity contribution in [2.45, 2.75) is 39.7 Å². The zero-order valence-electron chi connectivity index (χ0n) is 11.8. The molecule has 2 heteroatoms. The average molecular weight is 255 g/mol. The van der Waals surface area contributed by atoms with Gasteiger partial charge in [-0.25, -0.2) is 0 Å². The first kappa shape index (κ1) is 12.3. The lowest BCUT2D eigenvalue weighted by Gasteiger charge is -2.11. The first-order valence-electron chi connectivity index (χ1n) is 7.11. The highest BCUT2D eigenvalue weighted by atomic mass is 16.5. The maximum absolute atomic E-state index is 5.89. The van der Waals surface area contributed by atoms with E-state index in [4.69, 9.17) is 4.74 Å². The van der Waals surface area contributed by atoms with E-state index in [9.17, 15) is 0 Å². The van der Waals surface area contributed by atoms with Crippen molar-refractivity contribution in [3.63, 3.8) is 0 Å². The quantitative estimate of drug-likeness (QED) is 0.813. The number of benzene rings is 1. The fraction of sp³-hybridized carbons (Fsp3) is 0.412. The van der Waals surface area contributed by atoms with Crippen LogP contribution in [0.5, 0.6) is 5.75 Å². The van der Waals surface area contributed by atoms with Crippen LogP contribution in [-0.4, -0.2) is 11.2 Å². The molecule has 100 valence electrons. The Morgan fingerprint density at radius 3 is 2.53 bits per heavy atom. The van der Waals surface area contributed by atoms with E-state index in [-0.39, 0.29) is 0 Å². The second kappa shape index (κ2) is 5.12. The van der Waals surface area contributed by atoms with Gasteiger partial charge in [0.25, 0.3) is 0 Å². The predicted molar refractivity (Wildman–Crippen MR) is 77.9 cm³/mol. The summed E-state index contributed by atoms with van der Waals surface area (Å²) in [6.45, 7) is 5.93. The van der Waals surface area contributed by atoms with E-state index in [1.54, 1.807) is 0 Å². The molecule has 1 aliphatic carbocycles. The third kappa shape index (κ3) is 2.53. The van der Waals surface area contributed by atoms with Crippen LogP contribution in [-0.2, 0) is 19.4 Å². The molecule has 0 bridgehead atoms. The smallest absolute Gasteiger partial charge is 0.119 e. The molecule has 19 heavy (non-hydrogen) atoms. The standard InChI is InChI=1S/C17H21NO/c1-13-6-7-14(2)18(13)10-11-19-17-9-8-15-4-3-5-16(15)12-17/h6-9,12H,3-5,10-11H2,1-2H3. The Bertz CT molecular complexity index is 563. The third-order valence-corrected chi connectivity index (χ3v) is 4.07. The van der Waals surface area contributed by atoms with E-state index in [0.29, 0.717) is 0 Å². The van der Waals surface area contributed by atoms with Crippen LogP contribution in [0, 0.1) is 13.8 Å². The van der Waals surface area contributed by atoms with Crippen LogP contribution in [0.15, 0.2) is 30.3 Å². The Kier molecular flexibility index (Phi) is 3.33. The van der Waals surface area contributed by atoms with E-state index < -0.39 is 0 Å². The average Bonchev–Trinajstić information content (AvgIpc) is 2.99. The van der Waals surface area contributed by atoms with E-state index in [1.165, 1.54) is 41.8 Å². The molecule has 2 aromatic rings. The largest absolute Gasteiger partial charge is 0.492 e. The van der Waals surface area contributed by atoms with Gasteiger partial charge in [0.1, 0.15) is 12.4 Å². The van der Waals surface area contributed by atoms with Crippen LogP contribution in [0.1, 0.15) is 28.9 Å². The molecule has 2 nitrogen and oxygen atoms in total. The monoisotopic (exact) mass is 255 g/mol. The minimum Gasteiger partial charge on any atom is -0.492 e. The Morgan fingerprint density at radius 2 is 1.74 bits per heavy atom. The minimum atomic E-state index is 0.731. The van der Waals surface area contributed by atoms with Gasteiger partial charge in [0, 0.05) is 11.4 Å². The number of ether oxygens (including phenoxy) is 1. The highest BCUT2D eigenvalue weighted by Gasteiger charge is 2.11. The van der Waals surface area contributed by atoms with Crippen LogP contribution in [0.3, 0.4) is 0 Å². The van der Waals surface area contributed by atoms with Gasteiger partial charge < -0.3 is 9.30 Å². The summed E-state index contributed by atoms with van der Waals surface area (Å²) >= 11 is 0. The maximum Gasteiger partial charge on any atom is 0.119 e. The van der Waals surface area contributed by atoms with E-state index >= 15 is 0 Å². The van der Waals surface area contributed by atoms with Gasteiger partial charge in [0.2, 0.25) is 0 Å². The Morgan fingerprint density at radius 1 is 1.00 bits per heavy atom. The fourth-order valence-corrected chi connectivity index (χ4v) is 2.94. The summed E-state index contributed by atoms with van der Waals surface area (Å²) in [7, 11) is 0. The lowest BCUT2D eigenvalue weighted by atomic mass is 10.1. The number of fused-ring (bicyclic) bond motifs is 1. The van der Waals surface area contributed by atoms with Crippen molar-refractivity contribution in [2.75, 3.05) is 6.61 Å². The normalized spacial score (nSPS) is 13.6. The van der Waals surface area contributed by atoms with Crippen molar-refractivity contribution < 1.29 is 4.74 Å². The van der Waals surface area contributed by atoms with Gasteiger partial charge >= 0.3 is 0 Å². The molecule has 0 atom stereocenters. The second-order valence-electron chi connectivity index (χ2n) is 5.40. The molecule has 1 aromatic carbocycles. The molecule has 0 saturated carbocycles. The highest BCUT2D eigenvalue weighted by molar-refractivity contribution is 5.38. The van der Waals surface area contributed by atoms with Gasteiger partial charge in [-0.15, -0.1) is 0 Å². The molecule has 1 aliphatic rings. The molecular weight excluding hydrogens is 234 g/mol. The molecule has 0 unspecified atom stereocenters. The third-order valence-electron chi connectivity index (χ3n) is 4.07. The van der Waals surface area contributed by atoms with Crippen molar-refractivity contribution in [3.05, 3.63) is 52.8 Å². The highest BCUT2D eigenvalue weighted by Crippen LogP contribution is 2.26. The van der Waals surface area contributed by atoms with Gasteiger partial charge in [-0.3, -0.25) is 0 Å². The fourth-order valence-electron chi connectivity index (χ4n) is 2.94. The van der Waals surface area contributed by atoms with Crippen molar-refractivity contribution in [1.82, 2.24) is 4.57 Å². The topological polar surface area (TPSA) is 14.2 Å². The maximum atomic E-state index is 5.89. The summed E-state index contributed by atoms with van der Waals surface area (Å²) in [6, 6.07) is 10.9. The van der Waals surface area contributed by atoms with Gasteiger partial charge in [-0.2, -0.15) is 0 Å². The van der Waals surface area contributed by atoms with Crippen LogP contribution >= 0.6 is 0 Å². The first-order chi connectivity index (χ1) is 9.24. The summed E-state index contributed by atoms with van der Waals surface area (Å²) in [5, 5.41) is 0. The second-order valence-corrected chi connectivity index (χ2v) is 5.40. The lowest BCUT2D eigenvalue weighted by molar-refractivity contribution is 0.296. The van der Waals surface area contributed by atoms with Crippen molar-refractivity contribution in [2.24, 2.45) is 0 Å². The van der Waals surface area contributed by atoms with Gasteiger partial charge in [-0.05, 0) is 68.5 Å². The zero-order chi connectivity index (χ0) is 13.2. The molecule has 0 fully saturated rings. The summed E-state index contributed by atoms with van der Waals surface area (Å²) in [5.41, 5.74) is 5.58. The summed E-state index contributed by atoms with van der Waals surface area (Å²) in [5.74, 6) is 1.02. The van der Waals surface area contributed by atoms with Gasteiger partial charge in [0.15, 0.2) is 0 Å². The van der Waals surface area contributed by atoms with Crippen molar-refractivity contribution in [1.29, 1.82) is 0 Å². The SMILES string of the molecule is Cc1ccc(C)n1CCOc1ccc2c(c1)CCC2. The van der Waals surface area contributed by atoms with Crippen LogP contribution in [0.25, 0.3) is 0 Å². The Balaban J connectivity index is 1.61. The lowest BCUT2D eigenvalue weighted by Crippen LogP contribution is -2.10. The zero-order valence-corrected chi connectivity index (χ0v) is 11.8. The molecule has 0 amide bonds.